The quantitative estimate of drug-likeness (QED) is 0.769. The Morgan fingerprint density at radius 1 is 1.35 bits per heavy atom. The Bertz CT molecular complexity index is 626. The van der Waals surface area contributed by atoms with Gasteiger partial charge in [-0.2, -0.15) is 15.8 Å². The van der Waals surface area contributed by atoms with Crippen LogP contribution >= 0.6 is 0 Å². The van der Waals surface area contributed by atoms with Crippen LogP contribution in [0.4, 0.5) is 0 Å². The van der Waals surface area contributed by atoms with Crippen molar-refractivity contribution < 1.29 is 4.90 Å². The van der Waals surface area contributed by atoms with Crippen LogP contribution in [0.15, 0.2) is 11.6 Å². The molecule has 4 atom stereocenters. The average molecular weight is 310 g/mol. The zero-order valence-corrected chi connectivity index (χ0v) is 14.1. The van der Waals surface area contributed by atoms with Crippen LogP contribution in [-0.4, -0.2) is 25.3 Å². The van der Waals surface area contributed by atoms with Crippen LogP contribution in [0.25, 0.3) is 0 Å². The van der Waals surface area contributed by atoms with Gasteiger partial charge in [-0.15, -0.1) is 0 Å². The Balaban J connectivity index is 2.58. The molecule has 1 heterocycles. The van der Waals surface area contributed by atoms with Gasteiger partial charge in [0.2, 0.25) is 0 Å². The van der Waals surface area contributed by atoms with Crippen LogP contribution in [-0.2, 0) is 0 Å². The summed E-state index contributed by atoms with van der Waals surface area (Å²) in [6.45, 7) is 8.93. The van der Waals surface area contributed by atoms with Crippen molar-refractivity contribution in [3.8, 4) is 18.2 Å². The number of nitrogens with zero attached hydrogens (tertiary/aromatic N) is 3. The Morgan fingerprint density at radius 3 is 2.48 bits per heavy atom. The first-order valence-electron chi connectivity index (χ1n) is 8.31. The van der Waals surface area contributed by atoms with Crippen LogP contribution < -0.4 is 4.90 Å². The van der Waals surface area contributed by atoms with Gasteiger partial charge in [-0.05, 0) is 24.0 Å². The Morgan fingerprint density at radius 2 is 2.00 bits per heavy atom. The standard InChI is InChI=1S/C18H23N5/c1-4-6-23-7-5-13-14(8-19)17(22)18(10-20,11-21)16(12(2)3)15(13)9-23/h5,12,14-16,22H,4,6-7,9H2,1-3H3/p+1/t14?,15-,16-/m0/s1. The maximum Gasteiger partial charge on any atom is 0.186 e. The maximum atomic E-state index is 9.76. The molecular formula is C18H24N5+. The molecule has 2 N–H and O–H groups in total. The summed E-state index contributed by atoms with van der Waals surface area (Å²) in [5, 5.41) is 37.5. The largest absolute Gasteiger partial charge is 0.331 e. The number of hydrogen-bond donors (Lipinski definition) is 2. The summed E-state index contributed by atoms with van der Waals surface area (Å²) in [5.41, 5.74) is -0.534. The van der Waals surface area contributed by atoms with E-state index in [4.69, 9.17) is 5.41 Å². The van der Waals surface area contributed by atoms with E-state index in [9.17, 15) is 15.8 Å². The molecule has 0 spiro atoms. The normalized spacial score (nSPS) is 32.2. The second-order valence-electron chi connectivity index (χ2n) is 7.00. The monoisotopic (exact) mass is 310 g/mol. The molecule has 0 aromatic heterocycles. The van der Waals surface area contributed by atoms with Crippen molar-refractivity contribution in [2.45, 2.75) is 27.2 Å². The fourth-order valence-electron chi connectivity index (χ4n) is 4.42. The van der Waals surface area contributed by atoms with Crippen molar-refractivity contribution in [1.82, 2.24) is 0 Å². The van der Waals surface area contributed by atoms with Gasteiger partial charge < -0.3 is 10.3 Å². The SMILES string of the molecule is CCC[NH+]1CC=C2C(C#N)C(=N)C(C#N)(C#N)[C@@H](C(C)C)[C@H]2C1. The van der Waals surface area contributed by atoms with E-state index in [2.05, 4.69) is 31.2 Å². The minimum atomic E-state index is -1.48. The lowest BCUT2D eigenvalue weighted by molar-refractivity contribution is -0.899. The zero-order valence-electron chi connectivity index (χ0n) is 14.1. The predicted molar refractivity (Wildman–Crippen MR) is 86.2 cm³/mol. The van der Waals surface area contributed by atoms with Crippen molar-refractivity contribution in [2.24, 2.45) is 29.1 Å². The highest BCUT2D eigenvalue weighted by Crippen LogP contribution is 2.50. The molecule has 2 rings (SSSR count). The molecular weight excluding hydrogens is 286 g/mol. The first-order chi connectivity index (χ1) is 11.0. The van der Waals surface area contributed by atoms with Gasteiger partial charge in [0.15, 0.2) is 5.41 Å². The molecule has 5 heteroatoms. The van der Waals surface area contributed by atoms with E-state index >= 15 is 0 Å². The molecule has 0 aromatic carbocycles. The summed E-state index contributed by atoms with van der Waals surface area (Å²) in [5.74, 6) is -0.822. The van der Waals surface area contributed by atoms with Crippen LogP contribution in [0.1, 0.15) is 27.2 Å². The predicted octanol–water partition coefficient (Wildman–Crippen LogP) is 1.32. The highest BCUT2D eigenvalue weighted by atomic mass is 15.1. The van der Waals surface area contributed by atoms with Gasteiger partial charge in [-0.3, -0.25) is 0 Å². The minimum Gasteiger partial charge on any atom is -0.331 e. The first-order valence-corrected chi connectivity index (χ1v) is 8.31. The fraction of sp³-hybridized carbons (Fsp3) is 0.667. The lowest BCUT2D eigenvalue weighted by Crippen LogP contribution is -3.13. The van der Waals surface area contributed by atoms with E-state index in [1.165, 1.54) is 4.90 Å². The number of nitrogens with one attached hydrogen (secondary N) is 2. The number of nitriles is 3. The topological polar surface area (TPSA) is 99.7 Å². The highest BCUT2D eigenvalue weighted by Gasteiger charge is 2.58. The van der Waals surface area contributed by atoms with Gasteiger partial charge in [-0.25, -0.2) is 0 Å². The summed E-state index contributed by atoms with van der Waals surface area (Å²) in [7, 11) is 0. The van der Waals surface area contributed by atoms with E-state index in [0.717, 1.165) is 31.6 Å². The third-order valence-corrected chi connectivity index (χ3v) is 5.35. The lowest BCUT2D eigenvalue weighted by atomic mass is 9.53. The molecule has 0 bridgehead atoms. The van der Waals surface area contributed by atoms with E-state index in [0.29, 0.717) is 0 Å². The second kappa shape index (κ2) is 6.53. The van der Waals surface area contributed by atoms with Crippen molar-refractivity contribution in [1.29, 1.82) is 21.2 Å². The first kappa shape index (κ1) is 17.2. The molecule has 1 aliphatic heterocycles. The molecule has 0 aromatic rings. The fourth-order valence-corrected chi connectivity index (χ4v) is 4.42. The van der Waals surface area contributed by atoms with Gasteiger partial charge in [0, 0.05) is 11.8 Å². The molecule has 2 unspecified atom stereocenters. The van der Waals surface area contributed by atoms with Crippen molar-refractivity contribution in [3.05, 3.63) is 11.6 Å². The van der Waals surface area contributed by atoms with Gasteiger partial charge in [0.25, 0.3) is 0 Å². The summed E-state index contributed by atoms with van der Waals surface area (Å²) < 4.78 is 0. The Hall–Kier alpha value is -2.16. The molecule has 1 saturated carbocycles. The third-order valence-electron chi connectivity index (χ3n) is 5.35. The molecule has 0 radical (unpaired) electrons. The minimum absolute atomic E-state index is 0.0230. The molecule has 0 amide bonds. The van der Waals surface area contributed by atoms with Gasteiger partial charge >= 0.3 is 0 Å². The molecule has 1 aliphatic carbocycles. The summed E-state index contributed by atoms with van der Waals surface area (Å²) in [6, 6.07) is 6.42. The molecule has 120 valence electrons. The van der Waals surface area contributed by atoms with Crippen LogP contribution in [0, 0.1) is 68.5 Å². The summed E-state index contributed by atoms with van der Waals surface area (Å²) >= 11 is 0. The van der Waals surface area contributed by atoms with E-state index in [-0.39, 0.29) is 23.5 Å². The van der Waals surface area contributed by atoms with Crippen LogP contribution in [0.3, 0.4) is 0 Å². The molecule has 5 nitrogen and oxygen atoms in total. The number of rotatable bonds is 3. The summed E-state index contributed by atoms with van der Waals surface area (Å²) in [6.07, 6.45) is 3.17. The Labute approximate surface area is 138 Å². The van der Waals surface area contributed by atoms with E-state index < -0.39 is 11.3 Å². The number of hydrogen-bond acceptors (Lipinski definition) is 4. The van der Waals surface area contributed by atoms with Gasteiger partial charge in [0.05, 0.1) is 43.6 Å². The molecule has 0 saturated heterocycles. The zero-order chi connectivity index (χ0) is 17.2. The summed E-state index contributed by atoms with van der Waals surface area (Å²) in [4.78, 5) is 1.43. The number of quaternary nitrogens is 1. The number of fused-ring (bicyclic) bond motifs is 1. The third kappa shape index (κ3) is 2.54. The van der Waals surface area contributed by atoms with Crippen LogP contribution in [0.5, 0.6) is 0 Å². The smallest absolute Gasteiger partial charge is 0.186 e. The molecule has 23 heavy (non-hydrogen) atoms. The van der Waals surface area contributed by atoms with E-state index in [1.807, 2.05) is 13.8 Å². The van der Waals surface area contributed by atoms with Crippen molar-refractivity contribution in [3.63, 3.8) is 0 Å². The van der Waals surface area contributed by atoms with Gasteiger partial charge in [0.1, 0.15) is 5.92 Å². The van der Waals surface area contributed by atoms with Crippen LogP contribution in [0.2, 0.25) is 0 Å². The van der Waals surface area contributed by atoms with E-state index in [1.54, 1.807) is 0 Å². The Kier molecular flexibility index (Phi) is 4.88. The average Bonchev–Trinajstić information content (AvgIpc) is 2.54. The lowest BCUT2D eigenvalue weighted by Gasteiger charge is -2.47. The van der Waals surface area contributed by atoms with Crippen molar-refractivity contribution in [2.75, 3.05) is 19.6 Å². The highest BCUT2D eigenvalue weighted by molar-refractivity contribution is 6.00. The molecule has 1 fully saturated rings. The maximum absolute atomic E-state index is 9.76. The molecule has 2 aliphatic rings. The van der Waals surface area contributed by atoms with Crippen molar-refractivity contribution >= 4 is 5.71 Å². The van der Waals surface area contributed by atoms with Gasteiger partial charge in [-0.1, -0.05) is 20.8 Å². The second-order valence-corrected chi connectivity index (χ2v) is 7.00.